The summed E-state index contributed by atoms with van der Waals surface area (Å²) in [4.78, 5) is 23.5. The summed E-state index contributed by atoms with van der Waals surface area (Å²) in [5.41, 5.74) is 7.52. The lowest BCUT2D eigenvalue weighted by Crippen LogP contribution is -2.29. The molecule has 2 amide bonds. The van der Waals surface area contributed by atoms with Gasteiger partial charge in [0, 0.05) is 5.69 Å². The summed E-state index contributed by atoms with van der Waals surface area (Å²) in [5.74, 6) is -2.28. The van der Waals surface area contributed by atoms with Crippen molar-refractivity contribution in [3.63, 3.8) is 0 Å². The Balaban J connectivity index is 2.06. The number of benzene rings is 2. The highest BCUT2D eigenvalue weighted by molar-refractivity contribution is 6.43. The largest absolute Gasteiger partial charge is 0.397 e. The number of nitrogens with two attached hydrogens (primary N) is 1. The number of carbonyl (C=O) groups is 2. The van der Waals surface area contributed by atoms with Crippen LogP contribution in [-0.4, -0.2) is 11.8 Å². The van der Waals surface area contributed by atoms with Crippen molar-refractivity contribution in [2.45, 2.75) is 6.92 Å². The van der Waals surface area contributed by atoms with Gasteiger partial charge >= 0.3 is 11.8 Å². The molecule has 6 heteroatoms. The van der Waals surface area contributed by atoms with Gasteiger partial charge in [-0.25, -0.2) is 4.39 Å². The van der Waals surface area contributed by atoms with Crippen LogP contribution in [0.3, 0.4) is 0 Å². The van der Waals surface area contributed by atoms with E-state index in [0.29, 0.717) is 11.4 Å². The third-order valence-corrected chi connectivity index (χ3v) is 2.75. The van der Waals surface area contributed by atoms with Gasteiger partial charge < -0.3 is 16.4 Å². The highest BCUT2D eigenvalue weighted by Gasteiger charge is 2.15. The van der Waals surface area contributed by atoms with Gasteiger partial charge in [0.25, 0.3) is 0 Å². The summed E-state index contributed by atoms with van der Waals surface area (Å²) in [6, 6.07) is 10.3. The number of aryl methyl sites for hydroxylation is 1. The molecule has 2 aromatic carbocycles. The number of nitrogens with one attached hydrogen (secondary N) is 2. The van der Waals surface area contributed by atoms with Crippen molar-refractivity contribution >= 4 is 28.9 Å². The quantitative estimate of drug-likeness (QED) is 0.585. The Hall–Kier alpha value is -2.89. The van der Waals surface area contributed by atoms with Gasteiger partial charge in [0.05, 0.1) is 11.4 Å². The molecule has 0 aliphatic rings. The topological polar surface area (TPSA) is 84.2 Å². The zero-order chi connectivity index (χ0) is 15.4. The van der Waals surface area contributed by atoms with Crippen molar-refractivity contribution in [3.8, 4) is 0 Å². The van der Waals surface area contributed by atoms with Crippen molar-refractivity contribution in [2.75, 3.05) is 16.4 Å². The Bertz CT molecular complexity index is 701. The molecule has 0 atom stereocenters. The van der Waals surface area contributed by atoms with Crippen LogP contribution in [-0.2, 0) is 9.59 Å². The average Bonchev–Trinajstić information content (AvgIpc) is 2.43. The minimum atomic E-state index is -0.901. The molecular weight excluding hydrogens is 273 g/mol. The van der Waals surface area contributed by atoms with Crippen LogP contribution in [0.1, 0.15) is 5.56 Å². The number of halogens is 1. The van der Waals surface area contributed by atoms with E-state index >= 15 is 0 Å². The molecule has 0 aliphatic heterocycles. The van der Waals surface area contributed by atoms with Gasteiger partial charge in [-0.05, 0) is 42.8 Å². The molecule has 0 heterocycles. The zero-order valence-electron chi connectivity index (χ0n) is 11.3. The predicted octanol–water partition coefficient (Wildman–Crippen LogP) is 2.29. The van der Waals surface area contributed by atoms with E-state index in [-0.39, 0.29) is 5.69 Å². The standard InChI is InChI=1S/C15H14FN3O2/c1-9-5-6-12(17)13(7-9)19-15(21)14(20)18-11-4-2-3-10(16)8-11/h2-8H,17H2,1H3,(H,18,20)(H,19,21). The molecule has 21 heavy (non-hydrogen) atoms. The molecule has 2 rings (SSSR count). The molecule has 0 aromatic heterocycles. The maximum absolute atomic E-state index is 13.0. The van der Waals surface area contributed by atoms with E-state index in [1.807, 2.05) is 6.92 Å². The molecule has 2 aromatic rings. The summed E-state index contributed by atoms with van der Waals surface area (Å²) >= 11 is 0. The molecule has 0 fully saturated rings. The Kier molecular flexibility index (Phi) is 4.18. The number of carbonyl (C=O) groups excluding carboxylic acids is 2. The summed E-state index contributed by atoms with van der Waals surface area (Å²) in [5, 5.41) is 4.72. The van der Waals surface area contributed by atoms with Crippen LogP contribution < -0.4 is 16.4 Å². The Morgan fingerprint density at radius 3 is 2.48 bits per heavy atom. The highest BCUT2D eigenvalue weighted by Crippen LogP contribution is 2.19. The molecule has 4 N–H and O–H groups in total. The zero-order valence-corrected chi connectivity index (χ0v) is 11.3. The molecule has 0 aliphatic carbocycles. The minimum Gasteiger partial charge on any atom is -0.397 e. The summed E-state index contributed by atoms with van der Waals surface area (Å²) in [7, 11) is 0. The third-order valence-electron chi connectivity index (χ3n) is 2.75. The molecule has 0 bridgehead atoms. The lowest BCUT2D eigenvalue weighted by Gasteiger charge is -2.09. The maximum atomic E-state index is 13.0. The van der Waals surface area contributed by atoms with Crippen molar-refractivity contribution in [3.05, 3.63) is 53.8 Å². The normalized spacial score (nSPS) is 10.0. The molecular formula is C15H14FN3O2. The summed E-state index contributed by atoms with van der Waals surface area (Å²) in [6.45, 7) is 1.84. The minimum absolute atomic E-state index is 0.201. The second kappa shape index (κ2) is 6.04. The summed E-state index contributed by atoms with van der Waals surface area (Å²) in [6.07, 6.45) is 0. The Morgan fingerprint density at radius 1 is 1.05 bits per heavy atom. The Morgan fingerprint density at radius 2 is 1.76 bits per heavy atom. The van der Waals surface area contributed by atoms with Crippen LogP contribution in [0.25, 0.3) is 0 Å². The average molecular weight is 287 g/mol. The lowest BCUT2D eigenvalue weighted by molar-refractivity contribution is -0.132. The highest BCUT2D eigenvalue weighted by atomic mass is 19.1. The van der Waals surface area contributed by atoms with Crippen molar-refractivity contribution < 1.29 is 14.0 Å². The van der Waals surface area contributed by atoms with Crippen LogP contribution >= 0.6 is 0 Å². The molecule has 5 nitrogen and oxygen atoms in total. The van der Waals surface area contributed by atoms with E-state index in [4.69, 9.17) is 5.73 Å². The van der Waals surface area contributed by atoms with Crippen molar-refractivity contribution in [2.24, 2.45) is 0 Å². The van der Waals surface area contributed by atoms with E-state index in [2.05, 4.69) is 10.6 Å². The van der Waals surface area contributed by atoms with Crippen LogP contribution in [0, 0.1) is 12.7 Å². The smallest absolute Gasteiger partial charge is 0.314 e. The maximum Gasteiger partial charge on any atom is 0.314 e. The van der Waals surface area contributed by atoms with Crippen LogP contribution in [0.2, 0.25) is 0 Å². The van der Waals surface area contributed by atoms with Gasteiger partial charge in [0.15, 0.2) is 0 Å². The van der Waals surface area contributed by atoms with Gasteiger partial charge in [0.1, 0.15) is 5.82 Å². The van der Waals surface area contributed by atoms with Crippen LogP contribution in [0.4, 0.5) is 21.5 Å². The van der Waals surface area contributed by atoms with Gasteiger partial charge in [-0.2, -0.15) is 0 Å². The first kappa shape index (κ1) is 14.5. The molecule has 108 valence electrons. The fourth-order valence-corrected chi connectivity index (χ4v) is 1.71. The molecule has 0 spiro atoms. The van der Waals surface area contributed by atoms with E-state index in [1.54, 1.807) is 18.2 Å². The summed E-state index contributed by atoms with van der Waals surface area (Å²) < 4.78 is 13.0. The molecule has 0 saturated carbocycles. The predicted molar refractivity (Wildman–Crippen MR) is 79.3 cm³/mol. The number of amides is 2. The molecule has 0 unspecified atom stereocenters. The van der Waals surface area contributed by atoms with E-state index in [1.165, 1.54) is 18.2 Å². The van der Waals surface area contributed by atoms with E-state index in [9.17, 15) is 14.0 Å². The van der Waals surface area contributed by atoms with Crippen LogP contribution in [0.5, 0.6) is 0 Å². The lowest BCUT2D eigenvalue weighted by atomic mass is 10.2. The first-order chi connectivity index (χ1) is 9.95. The first-order valence-electron chi connectivity index (χ1n) is 6.20. The van der Waals surface area contributed by atoms with Gasteiger partial charge in [-0.1, -0.05) is 12.1 Å². The SMILES string of the molecule is Cc1ccc(N)c(NC(=O)C(=O)Nc2cccc(F)c2)c1. The number of rotatable bonds is 2. The Labute approximate surface area is 121 Å². The third kappa shape index (κ3) is 3.79. The monoisotopic (exact) mass is 287 g/mol. The second-order valence-electron chi connectivity index (χ2n) is 4.51. The van der Waals surface area contributed by atoms with Crippen molar-refractivity contribution in [1.82, 2.24) is 0 Å². The first-order valence-corrected chi connectivity index (χ1v) is 6.20. The van der Waals surface area contributed by atoms with Gasteiger partial charge in [0.2, 0.25) is 0 Å². The second-order valence-corrected chi connectivity index (χ2v) is 4.51. The molecule has 0 radical (unpaired) electrons. The number of anilines is 3. The fourth-order valence-electron chi connectivity index (χ4n) is 1.71. The number of nitrogen functional groups attached to an aromatic ring is 1. The van der Waals surface area contributed by atoms with E-state index in [0.717, 1.165) is 11.6 Å². The number of hydrogen-bond acceptors (Lipinski definition) is 3. The van der Waals surface area contributed by atoms with Crippen molar-refractivity contribution in [1.29, 1.82) is 0 Å². The number of hydrogen-bond donors (Lipinski definition) is 3. The van der Waals surface area contributed by atoms with Gasteiger partial charge in [-0.3, -0.25) is 9.59 Å². The van der Waals surface area contributed by atoms with Gasteiger partial charge in [-0.15, -0.1) is 0 Å². The van der Waals surface area contributed by atoms with Crippen LogP contribution in [0.15, 0.2) is 42.5 Å². The fraction of sp³-hybridized carbons (Fsp3) is 0.0667. The van der Waals surface area contributed by atoms with E-state index < -0.39 is 17.6 Å². The molecule has 0 saturated heterocycles.